The van der Waals surface area contributed by atoms with Crippen LogP contribution in [-0.2, 0) is 0 Å². The van der Waals surface area contributed by atoms with Gasteiger partial charge in [0.2, 0.25) is 0 Å². The molecule has 0 saturated heterocycles. The summed E-state index contributed by atoms with van der Waals surface area (Å²) >= 11 is 1.51. The number of phenolic OH excluding ortho intramolecular Hbond substituents is 2. The van der Waals surface area contributed by atoms with E-state index in [4.69, 9.17) is 0 Å². The van der Waals surface area contributed by atoms with E-state index in [2.05, 4.69) is 4.98 Å². The normalized spacial score (nSPS) is 11.1. The Balaban J connectivity index is 2.04. The number of thiophene rings is 1. The molecular weight excluding hydrogens is 312 g/mol. The summed E-state index contributed by atoms with van der Waals surface area (Å²) in [6, 6.07) is 12.0. The van der Waals surface area contributed by atoms with Gasteiger partial charge in [-0.15, -0.1) is 0 Å². The SMILES string of the molecule is O=c1[nH]c2ccccc2n1-c1cc(-c2ccsc2)c(O)cc1O. The van der Waals surface area contributed by atoms with Crippen molar-refractivity contribution in [3.63, 3.8) is 0 Å². The van der Waals surface area contributed by atoms with Crippen LogP contribution < -0.4 is 5.69 Å². The number of nitrogens with zero attached hydrogens (tertiary/aromatic N) is 1. The third kappa shape index (κ3) is 2.11. The van der Waals surface area contributed by atoms with Gasteiger partial charge in [0.15, 0.2) is 0 Å². The van der Waals surface area contributed by atoms with Crippen LogP contribution in [-0.4, -0.2) is 19.8 Å². The fourth-order valence-corrected chi connectivity index (χ4v) is 3.34. The highest BCUT2D eigenvalue weighted by Crippen LogP contribution is 2.37. The third-order valence-electron chi connectivity index (χ3n) is 3.76. The highest BCUT2D eigenvalue weighted by molar-refractivity contribution is 7.08. The minimum atomic E-state index is -0.344. The Hall–Kier alpha value is -2.99. The molecule has 0 aliphatic heterocycles. The van der Waals surface area contributed by atoms with E-state index in [0.29, 0.717) is 22.3 Å². The number of nitrogens with one attached hydrogen (secondary N) is 1. The van der Waals surface area contributed by atoms with Crippen LogP contribution in [0, 0.1) is 0 Å². The molecule has 0 aliphatic rings. The van der Waals surface area contributed by atoms with Gasteiger partial charge in [-0.1, -0.05) is 12.1 Å². The Labute approximate surface area is 134 Å². The number of aromatic nitrogens is 2. The lowest BCUT2D eigenvalue weighted by molar-refractivity contribution is 0.450. The van der Waals surface area contributed by atoms with Gasteiger partial charge in [-0.25, -0.2) is 4.79 Å². The van der Waals surface area contributed by atoms with Crippen molar-refractivity contribution in [2.45, 2.75) is 0 Å². The number of benzene rings is 2. The van der Waals surface area contributed by atoms with Crippen molar-refractivity contribution in [2.75, 3.05) is 0 Å². The van der Waals surface area contributed by atoms with Crippen LogP contribution in [0.4, 0.5) is 0 Å². The van der Waals surface area contributed by atoms with Gasteiger partial charge in [-0.2, -0.15) is 11.3 Å². The second-order valence-electron chi connectivity index (χ2n) is 5.15. The van der Waals surface area contributed by atoms with E-state index in [1.165, 1.54) is 22.0 Å². The Bertz CT molecular complexity index is 1060. The first-order valence-electron chi connectivity index (χ1n) is 6.94. The largest absolute Gasteiger partial charge is 0.507 e. The monoisotopic (exact) mass is 324 g/mol. The molecule has 0 aliphatic carbocycles. The average molecular weight is 324 g/mol. The maximum Gasteiger partial charge on any atom is 0.331 e. The van der Waals surface area contributed by atoms with Gasteiger partial charge >= 0.3 is 5.69 Å². The van der Waals surface area contributed by atoms with Crippen LogP contribution in [0.5, 0.6) is 11.5 Å². The lowest BCUT2D eigenvalue weighted by Crippen LogP contribution is -2.14. The number of imidazole rings is 1. The molecule has 0 spiro atoms. The number of fused-ring (bicyclic) bond motifs is 1. The van der Waals surface area contributed by atoms with Crippen molar-refractivity contribution in [1.82, 2.24) is 9.55 Å². The van der Waals surface area contributed by atoms with Crippen LogP contribution in [0.3, 0.4) is 0 Å². The zero-order chi connectivity index (χ0) is 16.0. The molecule has 114 valence electrons. The van der Waals surface area contributed by atoms with Crippen LogP contribution >= 0.6 is 11.3 Å². The topological polar surface area (TPSA) is 78.2 Å². The second kappa shape index (κ2) is 5.03. The number of hydrogen-bond donors (Lipinski definition) is 3. The van der Waals surface area contributed by atoms with Crippen molar-refractivity contribution in [1.29, 1.82) is 0 Å². The van der Waals surface area contributed by atoms with Gasteiger partial charge in [-0.3, -0.25) is 4.57 Å². The first-order valence-corrected chi connectivity index (χ1v) is 7.88. The predicted octanol–water partition coefficient (Wildman–Crippen LogP) is 3.46. The molecule has 2 heterocycles. The van der Waals surface area contributed by atoms with E-state index >= 15 is 0 Å². The summed E-state index contributed by atoms with van der Waals surface area (Å²) in [7, 11) is 0. The molecule has 4 rings (SSSR count). The lowest BCUT2D eigenvalue weighted by Gasteiger charge is -2.10. The van der Waals surface area contributed by atoms with E-state index < -0.39 is 0 Å². The first kappa shape index (κ1) is 13.7. The van der Waals surface area contributed by atoms with Crippen molar-refractivity contribution in [3.05, 3.63) is 63.7 Å². The zero-order valence-corrected chi connectivity index (χ0v) is 12.7. The fraction of sp³-hybridized carbons (Fsp3) is 0. The lowest BCUT2D eigenvalue weighted by atomic mass is 10.1. The molecule has 0 unspecified atom stereocenters. The summed E-state index contributed by atoms with van der Waals surface area (Å²) in [5, 5.41) is 24.2. The number of aromatic hydroxyl groups is 2. The summed E-state index contributed by atoms with van der Waals surface area (Å²) in [4.78, 5) is 15.1. The molecule has 5 nitrogen and oxygen atoms in total. The van der Waals surface area contributed by atoms with Crippen LogP contribution in [0.25, 0.3) is 27.8 Å². The summed E-state index contributed by atoms with van der Waals surface area (Å²) in [5.74, 6) is -0.189. The van der Waals surface area contributed by atoms with E-state index in [0.717, 1.165) is 5.56 Å². The van der Waals surface area contributed by atoms with Crippen molar-refractivity contribution < 1.29 is 10.2 Å². The average Bonchev–Trinajstić information content (AvgIpc) is 3.15. The molecule has 2 aromatic carbocycles. The molecule has 0 atom stereocenters. The van der Waals surface area contributed by atoms with Gasteiger partial charge in [0.05, 0.1) is 16.7 Å². The number of rotatable bonds is 2. The molecule has 4 aromatic rings. The summed E-state index contributed by atoms with van der Waals surface area (Å²) in [6.07, 6.45) is 0. The van der Waals surface area contributed by atoms with E-state index in [1.54, 1.807) is 18.2 Å². The number of hydrogen-bond acceptors (Lipinski definition) is 4. The number of H-pyrrole nitrogens is 1. The maximum atomic E-state index is 12.3. The molecule has 0 saturated carbocycles. The Kier molecular flexibility index (Phi) is 2.99. The van der Waals surface area contributed by atoms with E-state index in [-0.39, 0.29) is 17.2 Å². The van der Waals surface area contributed by atoms with Crippen molar-refractivity contribution in [3.8, 4) is 28.3 Å². The Morgan fingerprint density at radius 3 is 2.65 bits per heavy atom. The Morgan fingerprint density at radius 1 is 1.04 bits per heavy atom. The predicted molar refractivity (Wildman–Crippen MR) is 90.5 cm³/mol. The molecule has 3 N–H and O–H groups in total. The van der Waals surface area contributed by atoms with Gasteiger partial charge in [0.1, 0.15) is 11.5 Å². The molecule has 0 bridgehead atoms. The summed E-state index contributed by atoms with van der Waals surface area (Å²) in [5.41, 5.74) is 2.73. The van der Waals surface area contributed by atoms with Crippen LogP contribution in [0.1, 0.15) is 0 Å². The maximum absolute atomic E-state index is 12.3. The smallest absolute Gasteiger partial charge is 0.331 e. The standard InChI is InChI=1S/C17H12N2O3S/c20-15-8-16(21)14(7-11(15)10-5-6-23-9-10)19-13-4-2-1-3-12(13)18-17(19)22/h1-9,20-21H,(H,18,22). The first-order chi connectivity index (χ1) is 11.1. The number of para-hydroxylation sites is 2. The van der Waals surface area contributed by atoms with Gasteiger partial charge < -0.3 is 15.2 Å². The molecule has 6 heteroatoms. The Morgan fingerprint density at radius 2 is 1.87 bits per heavy atom. The molecule has 2 aromatic heterocycles. The fourth-order valence-electron chi connectivity index (χ4n) is 2.69. The highest BCUT2D eigenvalue weighted by atomic mass is 32.1. The summed E-state index contributed by atoms with van der Waals surface area (Å²) < 4.78 is 1.40. The minimum absolute atomic E-state index is 0.0301. The molecule has 0 amide bonds. The zero-order valence-electron chi connectivity index (χ0n) is 11.9. The van der Waals surface area contributed by atoms with E-state index in [9.17, 15) is 15.0 Å². The second-order valence-corrected chi connectivity index (χ2v) is 5.93. The van der Waals surface area contributed by atoms with Gasteiger partial charge in [0, 0.05) is 11.6 Å². The van der Waals surface area contributed by atoms with Crippen molar-refractivity contribution >= 4 is 22.4 Å². The highest BCUT2D eigenvalue weighted by Gasteiger charge is 2.16. The van der Waals surface area contributed by atoms with E-state index in [1.807, 2.05) is 29.0 Å². The number of phenols is 2. The molecule has 23 heavy (non-hydrogen) atoms. The van der Waals surface area contributed by atoms with Crippen LogP contribution in [0.15, 0.2) is 58.0 Å². The number of aromatic amines is 1. The van der Waals surface area contributed by atoms with Gasteiger partial charge in [-0.05, 0) is 40.6 Å². The third-order valence-corrected chi connectivity index (χ3v) is 4.44. The van der Waals surface area contributed by atoms with Crippen LogP contribution in [0.2, 0.25) is 0 Å². The van der Waals surface area contributed by atoms with Crippen molar-refractivity contribution in [2.24, 2.45) is 0 Å². The molecule has 0 fully saturated rings. The quantitative estimate of drug-likeness (QED) is 0.528. The molecule has 0 radical (unpaired) electrons. The minimum Gasteiger partial charge on any atom is -0.507 e. The van der Waals surface area contributed by atoms with Gasteiger partial charge in [0.25, 0.3) is 0 Å². The molecular formula is C17H12N2O3S. The summed E-state index contributed by atoms with van der Waals surface area (Å²) in [6.45, 7) is 0.